The number of alkyl halides is 3. The summed E-state index contributed by atoms with van der Waals surface area (Å²) in [7, 11) is 0. The molecule has 0 aliphatic carbocycles. The van der Waals surface area contributed by atoms with Crippen LogP contribution in [0.2, 0.25) is 0 Å². The van der Waals surface area contributed by atoms with Crippen LogP contribution in [-0.4, -0.2) is 31.6 Å². The molecule has 36 heavy (non-hydrogen) atoms. The van der Waals surface area contributed by atoms with Crippen LogP contribution in [0.15, 0.2) is 53.3 Å². The highest BCUT2D eigenvalue weighted by Gasteiger charge is 2.47. The van der Waals surface area contributed by atoms with Gasteiger partial charge >= 0.3 is 6.18 Å². The summed E-state index contributed by atoms with van der Waals surface area (Å²) in [6, 6.07) is 6.45. The van der Waals surface area contributed by atoms with Crippen molar-refractivity contribution in [1.82, 2.24) is 19.6 Å². The maximum Gasteiger partial charge on any atom is 0.410 e. The number of aromatic nitrogens is 4. The van der Waals surface area contributed by atoms with Crippen molar-refractivity contribution in [2.24, 2.45) is 0 Å². The molecule has 8 nitrogen and oxygen atoms in total. The Morgan fingerprint density at radius 3 is 2.64 bits per heavy atom. The summed E-state index contributed by atoms with van der Waals surface area (Å²) in [6.07, 6.45) is -2.40. The largest absolute Gasteiger partial charge is 0.467 e. The summed E-state index contributed by atoms with van der Waals surface area (Å²) in [5, 5.41) is 14.1. The molecule has 5 rings (SSSR count). The van der Waals surface area contributed by atoms with Crippen molar-refractivity contribution in [1.29, 1.82) is 0 Å². The molecule has 2 atom stereocenters. The van der Waals surface area contributed by atoms with Gasteiger partial charge in [-0.05, 0) is 43.7 Å². The molecule has 0 spiro atoms. The van der Waals surface area contributed by atoms with Crippen LogP contribution in [0.25, 0.3) is 0 Å². The van der Waals surface area contributed by atoms with E-state index < -0.39 is 24.2 Å². The maximum absolute atomic E-state index is 13.9. The monoisotopic (exact) mass is 502 g/mol. The van der Waals surface area contributed by atoms with Crippen molar-refractivity contribution in [3.05, 3.63) is 83.0 Å². The van der Waals surface area contributed by atoms with Crippen molar-refractivity contribution < 1.29 is 26.8 Å². The Labute approximate surface area is 202 Å². The summed E-state index contributed by atoms with van der Waals surface area (Å²) in [5.74, 6) is -0.689. The molecular weight excluding hydrogens is 480 g/mol. The molecule has 0 saturated carbocycles. The second-order valence-electron chi connectivity index (χ2n) is 8.64. The van der Waals surface area contributed by atoms with E-state index in [4.69, 9.17) is 4.42 Å². The van der Waals surface area contributed by atoms with Crippen LogP contribution in [0.3, 0.4) is 0 Å². The van der Waals surface area contributed by atoms with E-state index in [1.54, 1.807) is 42.8 Å². The van der Waals surface area contributed by atoms with Crippen molar-refractivity contribution in [2.45, 2.75) is 45.1 Å². The number of carbonyl (C=O) groups excluding carboxylic acids is 1. The van der Waals surface area contributed by atoms with Gasteiger partial charge in [0.1, 0.15) is 23.0 Å². The highest BCUT2D eigenvalue weighted by atomic mass is 19.4. The van der Waals surface area contributed by atoms with Crippen LogP contribution < -0.4 is 10.6 Å². The number of carbonyl (C=O) groups is 1. The molecule has 1 amide bonds. The summed E-state index contributed by atoms with van der Waals surface area (Å²) < 4.78 is 62.5. The van der Waals surface area contributed by atoms with Gasteiger partial charge in [0.15, 0.2) is 6.04 Å². The van der Waals surface area contributed by atoms with Gasteiger partial charge in [0.2, 0.25) is 0 Å². The van der Waals surface area contributed by atoms with Gasteiger partial charge in [-0.15, -0.1) is 0 Å². The lowest BCUT2D eigenvalue weighted by Gasteiger charge is -2.32. The number of fused-ring (bicyclic) bond motifs is 1. The number of furan rings is 1. The fraction of sp³-hybridized carbons (Fsp3) is 0.292. The molecule has 4 aromatic rings. The summed E-state index contributed by atoms with van der Waals surface area (Å²) in [6.45, 7) is 3.82. The number of hydrogen-bond acceptors (Lipinski definition) is 5. The minimum absolute atomic E-state index is 0.0365. The number of halogens is 4. The third-order valence-corrected chi connectivity index (χ3v) is 6.24. The van der Waals surface area contributed by atoms with Crippen LogP contribution in [0.1, 0.15) is 51.6 Å². The topological polar surface area (TPSA) is 89.9 Å². The third kappa shape index (κ3) is 4.34. The Kier molecular flexibility index (Phi) is 5.81. The number of aryl methyl sites for hydroxylation is 1. The molecule has 2 N–H and O–H groups in total. The zero-order chi connectivity index (χ0) is 25.6. The second-order valence-corrected chi connectivity index (χ2v) is 8.64. The number of nitrogens with zero attached hydrogens (tertiary/aromatic N) is 4. The van der Waals surface area contributed by atoms with Crippen molar-refractivity contribution >= 4 is 17.4 Å². The fourth-order valence-corrected chi connectivity index (χ4v) is 4.38. The van der Waals surface area contributed by atoms with Crippen LogP contribution in [-0.2, 0) is 6.54 Å². The summed E-state index contributed by atoms with van der Waals surface area (Å²) in [5.41, 5.74) is 2.38. The zero-order valence-corrected chi connectivity index (χ0v) is 19.3. The Hall–Kier alpha value is -4.09. The van der Waals surface area contributed by atoms with E-state index in [2.05, 4.69) is 20.8 Å². The number of rotatable bonds is 5. The molecule has 4 heterocycles. The van der Waals surface area contributed by atoms with Gasteiger partial charge in [0.25, 0.3) is 5.91 Å². The predicted molar refractivity (Wildman–Crippen MR) is 122 cm³/mol. The number of nitrogens with one attached hydrogen (secondary N) is 2. The Balaban J connectivity index is 1.42. The van der Waals surface area contributed by atoms with E-state index in [1.165, 1.54) is 18.4 Å². The second kappa shape index (κ2) is 8.85. The van der Waals surface area contributed by atoms with Gasteiger partial charge in [-0.2, -0.15) is 23.4 Å². The first-order valence-electron chi connectivity index (χ1n) is 11.2. The van der Waals surface area contributed by atoms with Gasteiger partial charge in [0, 0.05) is 6.42 Å². The maximum atomic E-state index is 13.9. The van der Waals surface area contributed by atoms with Crippen molar-refractivity contribution in [2.75, 3.05) is 10.6 Å². The molecule has 2 unspecified atom stereocenters. The Bertz CT molecular complexity index is 1390. The van der Waals surface area contributed by atoms with Gasteiger partial charge in [-0.25, -0.2) is 9.07 Å². The van der Waals surface area contributed by atoms with E-state index in [9.17, 15) is 22.4 Å². The van der Waals surface area contributed by atoms with Crippen LogP contribution in [0.4, 0.5) is 29.1 Å². The smallest absolute Gasteiger partial charge is 0.410 e. The predicted octanol–water partition coefficient (Wildman–Crippen LogP) is 5.39. The summed E-state index contributed by atoms with van der Waals surface area (Å²) in [4.78, 5) is 13.2. The average molecular weight is 502 g/mol. The fourth-order valence-electron chi connectivity index (χ4n) is 4.38. The first kappa shape index (κ1) is 23.6. The first-order chi connectivity index (χ1) is 17.1. The number of amides is 1. The molecule has 0 radical (unpaired) electrons. The third-order valence-electron chi connectivity index (χ3n) is 6.24. The summed E-state index contributed by atoms with van der Waals surface area (Å²) >= 11 is 0. The SMILES string of the molecule is Cc1nn(Cc2ccc(F)cc2)c(C)c1NC(=O)c1cnn2c1NC(c1ccco1)CC2C(F)(F)F. The lowest BCUT2D eigenvalue weighted by Crippen LogP contribution is -2.36. The van der Waals surface area contributed by atoms with Gasteiger partial charge in [0.05, 0.1) is 42.1 Å². The molecule has 1 aliphatic rings. The minimum Gasteiger partial charge on any atom is -0.467 e. The van der Waals surface area contributed by atoms with Crippen molar-refractivity contribution in [3.8, 4) is 0 Å². The van der Waals surface area contributed by atoms with Gasteiger partial charge in [-0.1, -0.05) is 12.1 Å². The molecule has 188 valence electrons. The van der Waals surface area contributed by atoms with E-state index in [0.29, 0.717) is 29.4 Å². The average Bonchev–Trinajstić information content (AvgIpc) is 3.56. The van der Waals surface area contributed by atoms with E-state index in [-0.39, 0.29) is 23.6 Å². The van der Waals surface area contributed by atoms with Crippen LogP contribution in [0.5, 0.6) is 0 Å². The highest BCUT2D eigenvalue weighted by Crippen LogP contribution is 2.44. The first-order valence-corrected chi connectivity index (χ1v) is 11.2. The molecule has 12 heteroatoms. The van der Waals surface area contributed by atoms with Crippen molar-refractivity contribution in [3.63, 3.8) is 0 Å². The molecule has 0 fully saturated rings. The normalized spacial score (nSPS) is 17.5. The van der Waals surface area contributed by atoms with E-state index in [1.807, 2.05) is 0 Å². The van der Waals surface area contributed by atoms with E-state index >= 15 is 0 Å². The lowest BCUT2D eigenvalue weighted by molar-refractivity contribution is -0.174. The quantitative estimate of drug-likeness (QED) is 0.357. The van der Waals surface area contributed by atoms with Crippen LogP contribution in [0, 0.1) is 19.7 Å². The molecule has 1 aromatic carbocycles. The number of anilines is 2. The molecule has 1 aliphatic heterocycles. The molecular formula is C24H22F4N6O2. The highest BCUT2D eigenvalue weighted by molar-refractivity contribution is 6.08. The van der Waals surface area contributed by atoms with Crippen LogP contribution >= 0.6 is 0 Å². The minimum atomic E-state index is -4.57. The standard InChI is InChI=1S/C24H22F4N6O2/c1-13-21(14(2)33(32-13)12-15-5-7-16(25)8-6-15)31-23(35)17-11-29-34-20(24(26,27)28)10-18(30-22(17)34)19-4-3-9-36-19/h3-9,11,18,20,30H,10,12H2,1-2H3,(H,31,35). The van der Waals surface area contributed by atoms with Gasteiger partial charge < -0.3 is 15.1 Å². The zero-order valence-electron chi connectivity index (χ0n) is 19.3. The Morgan fingerprint density at radius 1 is 1.22 bits per heavy atom. The molecule has 3 aromatic heterocycles. The molecule has 0 saturated heterocycles. The van der Waals surface area contributed by atoms with E-state index in [0.717, 1.165) is 16.4 Å². The van der Waals surface area contributed by atoms with Gasteiger partial charge in [-0.3, -0.25) is 9.48 Å². The number of hydrogen-bond donors (Lipinski definition) is 2. The number of benzene rings is 1. The lowest BCUT2D eigenvalue weighted by atomic mass is 10.0. The Morgan fingerprint density at radius 2 is 1.97 bits per heavy atom. The molecule has 0 bridgehead atoms.